The highest BCUT2D eigenvalue weighted by Gasteiger charge is 2.32. The van der Waals surface area contributed by atoms with E-state index in [1.807, 2.05) is 6.07 Å². The number of rotatable bonds is 1. The molecule has 1 aromatic carbocycles. The Balaban J connectivity index is 2.64. The maximum Gasteiger partial charge on any atom is 0.118 e. The molecule has 1 aromatic rings. The maximum atomic E-state index is 10.9. The molecule has 0 bridgehead atoms. The summed E-state index contributed by atoms with van der Waals surface area (Å²) >= 11 is 0. The van der Waals surface area contributed by atoms with Gasteiger partial charge in [0.05, 0.1) is 11.4 Å². The fraction of sp³-hybridized carbons (Fsp3) is 0.500. The molecule has 0 aromatic heterocycles. The van der Waals surface area contributed by atoms with Crippen molar-refractivity contribution in [2.75, 3.05) is 0 Å². The number of aliphatic hydroxyl groups is 1. The summed E-state index contributed by atoms with van der Waals surface area (Å²) in [4.78, 5) is 4.88. The highest BCUT2D eigenvalue weighted by atomic mass is 16.3. The topological polar surface area (TPSA) is 32.6 Å². The van der Waals surface area contributed by atoms with Crippen LogP contribution in [0.1, 0.15) is 52.7 Å². The predicted octanol–water partition coefficient (Wildman–Crippen LogP) is 5.70. The van der Waals surface area contributed by atoms with Crippen LogP contribution in [0.2, 0.25) is 0 Å². The molecule has 2 rings (SSSR count). The molecule has 1 atom stereocenters. The number of hydrogen-bond acceptors (Lipinski definition) is 2. The van der Waals surface area contributed by atoms with Gasteiger partial charge in [0.2, 0.25) is 0 Å². The van der Waals surface area contributed by atoms with Crippen LogP contribution in [-0.4, -0.2) is 16.9 Å². The van der Waals surface area contributed by atoms with Crippen molar-refractivity contribution in [3.63, 3.8) is 0 Å². The Morgan fingerprint density at radius 3 is 1.88 bits per heavy atom. The Kier molecular flexibility index (Phi) is 4.92. The number of aliphatic imine (C=N–C) groups is 1. The molecule has 0 amide bonds. The molecule has 1 aliphatic carbocycles. The third-order valence-electron chi connectivity index (χ3n) is 4.60. The maximum absolute atomic E-state index is 10.9. The van der Waals surface area contributed by atoms with Crippen molar-refractivity contribution in [1.82, 2.24) is 0 Å². The lowest BCUT2D eigenvalue weighted by molar-refractivity contribution is 0.244. The van der Waals surface area contributed by atoms with Gasteiger partial charge in [-0.1, -0.05) is 65.8 Å². The van der Waals surface area contributed by atoms with E-state index in [1.165, 1.54) is 5.57 Å². The summed E-state index contributed by atoms with van der Waals surface area (Å²) in [6.45, 7) is 17.2. The van der Waals surface area contributed by atoms with Gasteiger partial charge in [-0.05, 0) is 53.0 Å². The van der Waals surface area contributed by atoms with Gasteiger partial charge in [-0.25, -0.2) is 4.99 Å². The lowest BCUT2D eigenvalue weighted by Crippen LogP contribution is -2.33. The minimum Gasteiger partial charge on any atom is -0.382 e. The van der Waals surface area contributed by atoms with Gasteiger partial charge in [-0.2, -0.15) is 0 Å². The molecule has 0 radical (unpaired) electrons. The number of aryl methyl sites for hydroxylation is 2. The fourth-order valence-corrected chi connectivity index (χ4v) is 2.95. The molecule has 24 heavy (non-hydrogen) atoms. The van der Waals surface area contributed by atoms with Crippen molar-refractivity contribution in [2.24, 2.45) is 15.8 Å². The van der Waals surface area contributed by atoms with Gasteiger partial charge in [0.15, 0.2) is 0 Å². The Hall–Kier alpha value is -1.67. The van der Waals surface area contributed by atoms with Gasteiger partial charge in [0.25, 0.3) is 0 Å². The Bertz CT molecular complexity index is 701. The second-order valence-corrected chi connectivity index (χ2v) is 8.88. The smallest absolute Gasteiger partial charge is 0.118 e. The molecule has 0 aliphatic heterocycles. The van der Waals surface area contributed by atoms with Crippen LogP contribution in [0.5, 0.6) is 0 Å². The van der Waals surface area contributed by atoms with E-state index in [2.05, 4.69) is 79.7 Å². The number of aliphatic hydroxyl groups excluding tert-OH is 1. The van der Waals surface area contributed by atoms with Crippen LogP contribution in [0, 0.1) is 24.7 Å². The first kappa shape index (κ1) is 18.7. The standard InChI is InChI=1S/C22H31NO/c1-14-10-9-11-15(2)19(14)23-18-13-16(21(3,4)5)12-17(20(18)24)22(6,7)8/h9-13,20,24H,1-8H3. The highest BCUT2D eigenvalue weighted by molar-refractivity contribution is 6.04. The Morgan fingerprint density at radius 2 is 1.42 bits per heavy atom. The summed E-state index contributed by atoms with van der Waals surface area (Å²) in [5.74, 6) is 0. The second kappa shape index (κ2) is 6.33. The molecule has 0 heterocycles. The molecule has 0 spiro atoms. The fourth-order valence-electron chi connectivity index (χ4n) is 2.95. The van der Waals surface area contributed by atoms with E-state index < -0.39 is 6.10 Å². The van der Waals surface area contributed by atoms with Crippen molar-refractivity contribution in [3.05, 3.63) is 52.6 Å². The van der Waals surface area contributed by atoms with Gasteiger partial charge in [-0.15, -0.1) is 0 Å². The van der Waals surface area contributed by atoms with Gasteiger partial charge < -0.3 is 5.11 Å². The SMILES string of the molecule is Cc1cccc(C)c1N=C1C=C(C(C)(C)C)C=C(C(C)(C)C)C1O. The van der Waals surface area contributed by atoms with E-state index in [4.69, 9.17) is 4.99 Å². The van der Waals surface area contributed by atoms with Crippen LogP contribution in [0.25, 0.3) is 0 Å². The first-order valence-electron chi connectivity index (χ1n) is 8.68. The number of benzene rings is 1. The van der Waals surface area contributed by atoms with Crippen LogP contribution in [0.3, 0.4) is 0 Å². The first-order valence-corrected chi connectivity index (χ1v) is 8.68. The normalized spacial score (nSPS) is 20.9. The Labute approximate surface area is 147 Å². The van der Waals surface area contributed by atoms with Crippen LogP contribution in [-0.2, 0) is 0 Å². The predicted molar refractivity (Wildman–Crippen MR) is 104 cm³/mol. The highest BCUT2D eigenvalue weighted by Crippen LogP contribution is 2.38. The zero-order valence-corrected chi connectivity index (χ0v) is 16.4. The number of hydrogen-bond donors (Lipinski definition) is 1. The quantitative estimate of drug-likeness (QED) is 0.706. The molecule has 2 nitrogen and oxygen atoms in total. The summed E-state index contributed by atoms with van der Waals surface area (Å²) in [5, 5.41) is 10.9. The van der Waals surface area contributed by atoms with E-state index in [0.29, 0.717) is 0 Å². The van der Waals surface area contributed by atoms with E-state index in [1.54, 1.807) is 0 Å². The van der Waals surface area contributed by atoms with Crippen molar-refractivity contribution in [1.29, 1.82) is 0 Å². The van der Waals surface area contributed by atoms with Crippen molar-refractivity contribution in [3.8, 4) is 0 Å². The molecule has 130 valence electrons. The van der Waals surface area contributed by atoms with Gasteiger partial charge in [0.1, 0.15) is 6.10 Å². The average Bonchev–Trinajstić information content (AvgIpc) is 2.42. The summed E-state index contributed by atoms with van der Waals surface area (Å²) in [7, 11) is 0. The van der Waals surface area contributed by atoms with Crippen LogP contribution >= 0.6 is 0 Å². The van der Waals surface area contributed by atoms with Gasteiger partial charge in [-0.3, -0.25) is 0 Å². The minimum absolute atomic E-state index is 0.0121. The number of nitrogens with zero attached hydrogens (tertiary/aromatic N) is 1. The second-order valence-electron chi connectivity index (χ2n) is 8.88. The first-order chi connectivity index (χ1) is 10.9. The van der Waals surface area contributed by atoms with Crippen molar-refractivity contribution < 1.29 is 5.11 Å². The lowest BCUT2D eigenvalue weighted by atomic mass is 9.73. The van der Waals surface area contributed by atoms with E-state index in [0.717, 1.165) is 28.1 Å². The molecule has 2 heteroatoms. The number of allylic oxidation sites excluding steroid dienone is 2. The van der Waals surface area contributed by atoms with Crippen LogP contribution in [0.4, 0.5) is 5.69 Å². The molecule has 1 N–H and O–H groups in total. The third-order valence-corrected chi connectivity index (χ3v) is 4.60. The zero-order chi connectivity index (χ0) is 18.3. The Morgan fingerprint density at radius 1 is 0.875 bits per heavy atom. The van der Waals surface area contributed by atoms with E-state index in [-0.39, 0.29) is 10.8 Å². The molecule has 1 aliphatic rings. The minimum atomic E-state index is -0.657. The zero-order valence-electron chi connectivity index (χ0n) is 16.4. The summed E-state index contributed by atoms with van der Waals surface area (Å²) < 4.78 is 0. The summed E-state index contributed by atoms with van der Waals surface area (Å²) in [6.07, 6.45) is 3.57. The molecular formula is C22H31NO. The van der Waals surface area contributed by atoms with Crippen LogP contribution < -0.4 is 0 Å². The molecule has 0 fully saturated rings. The third kappa shape index (κ3) is 3.87. The van der Waals surface area contributed by atoms with Crippen LogP contribution in [0.15, 0.2) is 46.5 Å². The van der Waals surface area contributed by atoms with Crippen molar-refractivity contribution >= 4 is 11.4 Å². The average molecular weight is 325 g/mol. The monoisotopic (exact) mass is 325 g/mol. The van der Waals surface area contributed by atoms with Gasteiger partial charge in [0, 0.05) is 0 Å². The summed E-state index contributed by atoms with van der Waals surface area (Å²) in [5.41, 5.74) is 6.11. The molecule has 0 saturated heterocycles. The lowest BCUT2D eigenvalue weighted by Gasteiger charge is -2.34. The van der Waals surface area contributed by atoms with Crippen molar-refractivity contribution in [2.45, 2.75) is 61.5 Å². The summed E-state index contributed by atoms with van der Waals surface area (Å²) in [6, 6.07) is 6.18. The van der Waals surface area contributed by atoms with E-state index in [9.17, 15) is 5.11 Å². The molecular weight excluding hydrogens is 294 g/mol. The van der Waals surface area contributed by atoms with Gasteiger partial charge >= 0.3 is 0 Å². The van der Waals surface area contributed by atoms with E-state index >= 15 is 0 Å². The largest absolute Gasteiger partial charge is 0.382 e. The number of para-hydroxylation sites is 1. The molecule has 0 saturated carbocycles. The molecule has 1 unspecified atom stereocenters.